The maximum Gasteiger partial charge on any atom is 0.335 e. The maximum atomic E-state index is 13.5. The van der Waals surface area contributed by atoms with E-state index in [2.05, 4.69) is 5.10 Å². The van der Waals surface area contributed by atoms with Gasteiger partial charge in [0.15, 0.2) is 11.6 Å². The Hall–Kier alpha value is -2.37. The summed E-state index contributed by atoms with van der Waals surface area (Å²) >= 11 is 0. The molecule has 2 aromatic rings. The van der Waals surface area contributed by atoms with E-state index < -0.39 is 11.8 Å². The highest BCUT2D eigenvalue weighted by atomic mass is 19.1. The van der Waals surface area contributed by atoms with Gasteiger partial charge in [0.1, 0.15) is 0 Å². The van der Waals surface area contributed by atoms with Gasteiger partial charge < -0.3 is 9.84 Å². The van der Waals surface area contributed by atoms with Crippen LogP contribution in [-0.2, 0) is 13.5 Å². The van der Waals surface area contributed by atoms with Gasteiger partial charge in [0, 0.05) is 25.4 Å². The Kier molecular flexibility index (Phi) is 3.79. The predicted molar refractivity (Wildman–Crippen MR) is 65.8 cm³/mol. The molecular weight excluding hydrogens is 251 g/mol. The predicted octanol–water partition coefficient (Wildman–Crippen LogP) is 1.88. The molecule has 0 fully saturated rings. The molecular formula is C13H13FN2O3. The summed E-state index contributed by atoms with van der Waals surface area (Å²) in [5, 5.41) is 12.7. The summed E-state index contributed by atoms with van der Waals surface area (Å²) in [5.74, 6) is -1.79. The molecule has 0 aliphatic carbocycles. The molecule has 5 nitrogen and oxygen atoms in total. The first-order valence-corrected chi connectivity index (χ1v) is 5.70. The third kappa shape index (κ3) is 3.09. The number of ether oxygens (including phenoxy) is 1. The minimum atomic E-state index is -1.17. The Morgan fingerprint density at radius 2 is 2.26 bits per heavy atom. The van der Waals surface area contributed by atoms with Crippen LogP contribution in [0.3, 0.4) is 0 Å². The van der Waals surface area contributed by atoms with Crippen molar-refractivity contribution in [2.75, 3.05) is 6.61 Å². The highest BCUT2D eigenvalue weighted by Gasteiger charge is 2.09. The Morgan fingerprint density at radius 3 is 2.84 bits per heavy atom. The average Bonchev–Trinajstić information content (AvgIpc) is 2.77. The van der Waals surface area contributed by atoms with Crippen molar-refractivity contribution in [3.05, 3.63) is 47.5 Å². The number of aromatic nitrogens is 2. The van der Waals surface area contributed by atoms with Gasteiger partial charge in [-0.2, -0.15) is 5.10 Å². The van der Waals surface area contributed by atoms with Crippen molar-refractivity contribution in [2.24, 2.45) is 7.05 Å². The van der Waals surface area contributed by atoms with E-state index in [1.807, 2.05) is 13.1 Å². The van der Waals surface area contributed by atoms with Crippen LogP contribution in [-0.4, -0.2) is 27.5 Å². The topological polar surface area (TPSA) is 64.4 Å². The van der Waals surface area contributed by atoms with Crippen LogP contribution >= 0.6 is 0 Å². The molecule has 0 bridgehead atoms. The lowest BCUT2D eigenvalue weighted by molar-refractivity contribution is 0.0696. The molecule has 0 aliphatic rings. The average molecular weight is 264 g/mol. The molecule has 0 saturated carbocycles. The van der Waals surface area contributed by atoms with Gasteiger partial charge in [0.2, 0.25) is 0 Å². The van der Waals surface area contributed by atoms with E-state index in [9.17, 15) is 9.18 Å². The molecule has 1 aromatic carbocycles. The molecule has 0 saturated heterocycles. The van der Waals surface area contributed by atoms with Crippen molar-refractivity contribution in [2.45, 2.75) is 6.42 Å². The van der Waals surface area contributed by atoms with Crippen molar-refractivity contribution in [3.63, 3.8) is 0 Å². The third-order valence-corrected chi connectivity index (χ3v) is 2.72. The minimum Gasteiger partial charge on any atom is -0.490 e. The highest BCUT2D eigenvalue weighted by molar-refractivity contribution is 5.87. The van der Waals surface area contributed by atoms with Crippen molar-refractivity contribution in [1.29, 1.82) is 0 Å². The molecule has 2 rings (SSSR count). The van der Waals surface area contributed by atoms with E-state index in [0.717, 1.165) is 11.8 Å². The van der Waals surface area contributed by atoms with Crippen LogP contribution in [0, 0.1) is 5.82 Å². The lowest BCUT2D eigenvalue weighted by atomic mass is 10.2. The Morgan fingerprint density at radius 1 is 1.47 bits per heavy atom. The molecule has 1 heterocycles. The zero-order valence-electron chi connectivity index (χ0n) is 10.3. The number of hydrogen-bond acceptors (Lipinski definition) is 3. The summed E-state index contributed by atoms with van der Waals surface area (Å²) in [6.07, 6.45) is 2.27. The fraction of sp³-hybridized carbons (Fsp3) is 0.231. The Bertz CT molecular complexity index is 595. The summed E-state index contributed by atoms with van der Waals surface area (Å²) in [4.78, 5) is 10.7. The van der Waals surface area contributed by atoms with E-state index in [-0.39, 0.29) is 11.3 Å². The fourth-order valence-corrected chi connectivity index (χ4v) is 1.66. The quantitative estimate of drug-likeness (QED) is 0.895. The lowest BCUT2D eigenvalue weighted by Crippen LogP contribution is -2.07. The molecule has 19 heavy (non-hydrogen) atoms. The first-order chi connectivity index (χ1) is 9.08. The van der Waals surface area contributed by atoms with Gasteiger partial charge in [-0.05, 0) is 24.3 Å². The number of halogens is 1. The van der Waals surface area contributed by atoms with Crippen LogP contribution in [0.25, 0.3) is 0 Å². The molecule has 0 unspecified atom stereocenters. The molecule has 0 spiro atoms. The summed E-state index contributed by atoms with van der Waals surface area (Å²) in [6.45, 7) is 0.295. The number of benzene rings is 1. The zero-order valence-corrected chi connectivity index (χ0v) is 10.3. The van der Waals surface area contributed by atoms with Gasteiger partial charge in [-0.15, -0.1) is 0 Å². The first kappa shape index (κ1) is 13.1. The normalized spacial score (nSPS) is 10.4. The zero-order chi connectivity index (χ0) is 13.8. The van der Waals surface area contributed by atoms with Crippen LogP contribution in [0.1, 0.15) is 16.1 Å². The van der Waals surface area contributed by atoms with Crippen LogP contribution in [0.4, 0.5) is 4.39 Å². The van der Waals surface area contributed by atoms with E-state index in [0.29, 0.717) is 13.0 Å². The Labute approximate surface area is 109 Å². The molecule has 1 aromatic heterocycles. The van der Waals surface area contributed by atoms with Crippen LogP contribution in [0.2, 0.25) is 0 Å². The second-order valence-corrected chi connectivity index (χ2v) is 3.99. The minimum absolute atomic E-state index is 0.0483. The molecule has 0 atom stereocenters. The molecule has 6 heteroatoms. The van der Waals surface area contributed by atoms with Crippen molar-refractivity contribution < 1.29 is 19.0 Å². The Balaban J connectivity index is 1.96. The fourth-order valence-electron chi connectivity index (χ4n) is 1.66. The van der Waals surface area contributed by atoms with Crippen LogP contribution < -0.4 is 4.74 Å². The number of carboxylic acids is 1. The number of aromatic carboxylic acids is 1. The largest absolute Gasteiger partial charge is 0.490 e. The molecule has 1 N–H and O–H groups in total. The van der Waals surface area contributed by atoms with Gasteiger partial charge in [0.25, 0.3) is 0 Å². The monoisotopic (exact) mass is 264 g/mol. The summed E-state index contributed by atoms with van der Waals surface area (Å²) in [7, 11) is 1.82. The number of rotatable bonds is 5. The number of aryl methyl sites for hydroxylation is 1. The summed E-state index contributed by atoms with van der Waals surface area (Å²) in [6, 6.07) is 5.43. The van der Waals surface area contributed by atoms with E-state index in [4.69, 9.17) is 9.84 Å². The molecule has 100 valence electrons. The van der Waals surface area contributed by atoms with Crippen molar-refractivity contribution >= 4 is 5.97 Å². The standard InChI is InChI=1S/C13H13FN2O3/c1-16-10(4-6-15-16)5-7-19-12-3-2-9(13(17)18)8-11(12)14/h2-4,6,8H,5,7H2,1H3,(H,17,18). The van der Waals surface area contributed by atoms with E-state index >= 15 is 0 Å². The first-order valence-electron chi connectivity index (χ1n) is 5.70. The van der Waals surface area contributed by atoms with Crippen molar-refractivity contribution in [3.8, 4) is 5.75 Å². The molecule has 0 amide bonds. The van der Waals surface area contributed by atoms with Gasteiger partial charge >= 0.3 is 5.97 Å². The van der Waals surface area contributed by atoms with Gasteiger partial charge in [-0.25, -0.2) is 9.18 Å². The van der Waals surface area contributed by atoms with Crippen molar-refractivity contribution in [1.82, 2.24) is 9.78 Å². The van der Waals surface area contributed by atoms with Crippen LogP contribution in [0.15, 0.2) is 30.5 Å². The molecule has 0 aliphatic heterocycles. The van der Waals surface area contributed by atoms with Gasteiger partial charge in [-0.1, -0.05) is 0 Å². The maximum absolute atomic E-state index is 13.5. The second-order valence-electron chi connectivity index (χ2n) is 3.99. The number of carbonyl (C=O) groups is 1. The highest BCUT2D eigenvalue weighted by Crippen LogP contribution is 2.18. The molecule has 0 radical (unpaired) electrons. The van der Waals surface area contributed by atoms with Crippen LogP contribution in [0.5, 0.6) is 5.75 Å². The summed E-state index contributed by atoms with van der Waals surface area (Å²) < 4.78 is 20.6. The second kappa shape index (κ2) is 5.51. The number of nitrogens with zero attached hydrogens (tertiary/aromatic N) is 2. The smallest absolute Gasteiger partial charge is 0.335 e. The third-order valence-electron chi connectivity index (χ3n) is 2.72. The van der Waals surface area contributed by atoms with Gasteiger partial charge in [0.05, 0.1) is 12.2 Å². The van der Waals surface area contributed by atoms with E-state index in [1.165, 1.54) is 12.1 Å². The lowest BCUT2D eigenvalue weighted by Gasteiger charge is -2.08. The van der Waals surface area contributed by atoms with Gasteiger partial charge in [-0.3, -0.25) is 4.68 Å². The number of carboxylic acid groups (broad SMARTS) is 1. The van der Waals surface area contributed by atoms with E-state index in [1.54, 1.807) is 10.9 Å². The number of hydrogen-bond donors (Lipinski definition) is 1. The SMILES string of the molecule is Cn1nccc1CCOc1ccc(C(=O)O)cc1F. The summed E-state index contributed by atoms with van der Waals surface area (Å²) in [5.41, 5.74) is 0.874.